The SMILES string of the molecule is C=C(CC)Nc1cncc(-c2ccc3[nH]nc(-c4nc5c(-c6ccc(C(=C)C)s6)nccc5[nH]4)c3n2)c1. The number of nitrogens with one attached hydrogen (secondary N) is 3. The molecule has 6 aromatic rings. The highest BCUT2D eigenvalue weighted by atomic mass is 32.1. The molecule has 0 saturated carbocycles. The van der Waals surface area contributed by atoms with Gasteiger partial charge in [0, 0.05) is 28.5 Å². The summed E-state index contributed by atoms with van der Waals surface area (Å²) >= 11 is 1.66. The van der Waals surface area contributed by atoms with Gasteiger partial charge in [-0.2, -0.15) is 5.10 Å². The quantitative estimate of drug-likeness (QED) is 0.215. The molecule has 6 rings (SSSR count). The Morgan fingerprint density at radius 3 is 2.68 bits per heavy atom. The molecule has 0 aliphatic carbocycles. The van der Waals surface area contributed by atoms with Crippen LogP contribution in [-0.4, -0.2) is 35.1 Å². The van der Waals surface area contributed by atoms with Crippen LogP contribution < -0.4 is 5.32 Å². The summed E-state index contributed by atoms with van der Waals surface area (Å²) in [5.41, 5.74) is 9.22. The van der Waals surface area contributed by atoms with Gasteiger partial charge in [0.15, 0.2) is 11.5 Å². The van der Waals surface area contributed by atoms with Crippen molar-refractivity contribution in [3.8, 4) is 33.3 Å². The van der Waals surface area contributed by atoms with Gasteiger partial charge in [-0.15, -0.1) is 11.3 Å². The van der Waals surface area contributed by atoms with E-state index in [9.17, 15) is 0 Å². The Morgan fingerprint density at radius 2 is 1.86 bits per heavy atom. The standard InChI is InChI=1S/C28H24N8S/c1-5-16(4)31-18-12-17(13-29-14-18)19-6-7-21-25(32-19)27(36-35-21)28-33-20-10-11-30-26(24(20)34-28)23-9-8-22(37-23)15(2)3/h6-14,31H,2,4-5H2,1,3H3,(H,33,34)(H,35,36). The van der Waals surface area contributed by atoms with Crippen LogP contribution in [0.15, 0.2) is 73.8 Å². The van der Waals surface area contributed by atoms with E-state index in [1.807, 2.05) is 31.2 Å². The zero-order chi connectivity index (χ0) is 25.5. The highest BCUT2D eigenvalue weighted by molar-refractivity contribution is 7.16. The maximum atomic E-state index is 4.93. The lowest BCUT2D eigenvalue weighted by atomic mass is 10.1. The van der Waals surface area contributed by atoms with Crippen LogP contribution in [-0.2, 0) is 0 Å². The molecule has 0 bridgehead atoms. The minimum absolute atomic E-state index is 0.629. The first-order valence-corrected chi connectivity index (χ1v) is 12.7. The van der Waals surface area contributed by atoms with Gasteiger partial charge in [-0.3, -0.25) is 15.1 Å². The van der Waals surface area contributed by atoms with Crippen molar-refractivity contribution < 1.29 is 0 Å². The molecule has 0 aliphatic rings. The van der Waals surface area contributed by atoms with Crippen LogP contribution in [0.5, 0.6) is 0 Å². The first-order chi connectivity index (χ1) is 18.0. The largest absolute Gasteiger partial charge is 0.358 e. The normalized spacial score (nSPS) is 11.3. The lowest BCUT2D eigenvalue weighted by molar-refractivity contribution is 1.10. The third kappa shape index (κ3) is 4.19. The molecule has 3 N–H and O–H groups in total. The molecule has 0 aliphatic heterocycles. The Labute approximate surface area is 217 Å². The van der Waals surface area contributed by atoms with E-state index in [4.69, 9.17) is 9.97 Å². The summed E-state index contributed by atoms with van der Waals surface area (Å²) in [6.45, 7) is 12.1. The molecule has 9 heteroatoms. The van der Waals surface area contributed by atoms with Crippen LogP contribution >= 0.6 is 11.3 Å². The Morgan fingerprint density at radius 1 is 1.00 bits per heavy atom. The van der Waals surface area contributed by atoms with Crippen LogP contribution in [0.25, 0.3) is 61.0 Å². The molecule has 37 heavy (non-hydrogen) atoms. The second-order valence-electron chi connectivity index (χ2n) is 8.79. The molecule has 0 aromatic carbocycles. The van der Waals surface area contributed by atoms with Gasteiger partial charge in [0.25, 0.3) is 0 Å². The van der Waals surface area contributed by atoms with Gasteiger partial charge in [0.05, 0.1) is 33.5 Å². The van der Waals surface area contributed by atoms with Gasteiger partial charge < -0.3 is 10.3 Å². The number of aromatic amines is 2. The van der Waals surface area contributed by atoms with Gasteiger partial charge in [0.2, 0.25) is 0 Å². The zero-order valence-electron chi connectivity index (χ0n) is 20.5. The molecule has 0 unspecified atom stereocenters. The Kier molecular flexibility index (Phi) is 5.61. The molecule has 0 radical (unpaired) electrons. The summed E-state index contributed by atoms with van der Waals surface area (Å²) in [6.07, 6.45) is 6.20. The van der Waals surface area contributed by atoms with Crippen molar-refractivity contribution in [1.29, 1.82) is 0 Å². The van der Waals surface area contributed by atoms with Crippen molar-refractivity contribution in [2.75, 3.05) is 5.32 Å². The number of hydrogen-bond donors (Lipinski definition) is 3. The zero-order valence-corrected chi connectivity index (χ0v) is 21.3. The average molecular weight is 505 g/mol. The van der Waals surface area contributed by atoms with Crippen molar-refractivity contribution in [2.24, 2.45) is 0 Å². The molecular formula is C28H24N8S. The van der Waals surface area contributed by atoms with Crippen LogP contribution in [0.4, 0.5) is 5.69 Å². The number of H-pyrrole nitrogens is 2. The second-order valence-corrected chi connectivity index (χ2v) is 9.88. The predicted octanol–water partition coefficient (Wildman–Crippen LogP) is 7.06. The molecule has 6 heterocycles. The number of pyridine rings is 3. The minimum Gasteiger partial charge on any atom is -0.358 e. The number of allylic oxidation sites excluding steroid dienone is 2. The summed E-state index contributed by atoms with van der Waals surface area (Å²) in [5, 5.41) is 10.9. The molecule has 0 amide bonds. The average Bonchev–Trinajstić information content (AvgIpc) is 3.66. The molecule has 0 saturated heterocycles. The van der Waals surface area contributed by atoms with Crippen LogP contribution in [0, 0.1) is 0 Å². The summed E-state index contributed by atoms with van der Waals surface area (Å²) in [4.78, 5) is 24.4. The van der Waals surface area contributed by atoms with Gasteiger partial charge in [-0.25, -0.2) is 9.97 Å². The molecule has 0 fully saturated rings. The van der Waals surface area contributed by atoms with Gasteiger partial charge in [-0.1, -0.05) is 20.1 Å². The van der Waals surface area contributed by atoms with E-state index in [0.717, 1.165) is 72.2 Å². The number of hydrogen-bond acceptors (Lipinski definition) is 7. The monoisotopic (exact) mass is 504 g/mol. The Balaban J connectivity index is 1.42. The third-order valence-electron chi connectivity index (χ3n) is 6.07. The minimum atomic E-state index is 0.629. The highest BCUT2D eigenvalue weighted by Gasteiger charge is 2.18. The van der Waals surface area contributed by atoms with Crippen LogP contribution in [0.3, 0.4) is 0 Å². The van der Waals surface area contributed by atoms with E-state index < -0.39 is 0 Å². The molecule has 0 spiro atoms. The van der Waals surface area contributed by atoms with E-state index in [1.165, 1.54) is 0 Å². The van der Waals surface area contributed by atoms with Crippen molar-refractivity contribution >= 4 is 44.7 Å². The van der Waals surface area contributed by atoms with E-state index in [2.05, 4.69) is 62.7 Å². The molecule has 0 atom stereocenters. The van der Waals surface area contributed by atoms with E-state index in [0.29, 0.717) is 11.5 Å². The van der Waals surface area contributed by atoms with Crippen LogP contribution in [0.1, 0.15) is 25.1 Å². The second kappa shape index (κ2) is 9.11. The smallest absolute Gasteiger partial charge is 0.161 e. The van der Waals surface area contributed by atoms with Crippen molar-refractivity contribution in [2.45, 2.75) is 20.3 Å². The maximum absolute atomic E-state index is 4.93. The fraction of sp³-hybridized carbons (Fsp3) is 0.107. The van der Waals surface area contributed by atoms with Crippen molar-refractivity contribution in [1.82, 2.24) is 35.1 Å². The first kappa shape index (κ1) is 22.8. The van der Waals surface area contributed by atoms with Gasteiger partial charge >= 0.3 is 0 Å². The summed E-state index contributed by atoms with van der Waals surface area (Å²) in [5.74, 6) is 0.629. The Hall–Kier alpha value is -4.63. The molecule has 6 aromatic heterocycles. The highest BCUT2D eigenvalue weighted by Crippen LogP contribution is 2.35. The summed E-state index contributed by atoms with van der Waals surface area (Å²) in [6, 6.07) is 12.0. The molecule has 182 valence electrons. The Bertz CT molecular complexity index is 1810. The number of aromatic nitrogens is 7. The number of nitrogens with zero attached hydrogens (tertiary/aromatic N) is 5. The fourth-order valence-corrected chi connectivity index (χ4v) is 5.02. The molecule has 8 nitrogen and oxygen atoms in total. The summed E-state index contributed by atoms with van der Waals surface area (Å²) < 4.78 is 0. The number of fused-ring (bicyclic) bond motifs is 2. The third-order valence-corrected chi connectivity index (χ3v) is 7.33. The van der Waals surface area contributed by atoms with Crippen molar-refractivity contribution in [3.05, 3.63) is 78.7 Å². The number of rotatable bonds is 7. The van der Waals surface area contributed by atoms with E-state index in [1.54, 1.807) is 29.9 Å². The molecular weight excluding hydrogens is 480 g/mol. The van der Waals surface area contributed by atoms with E-state index in [-0.39, 0.29) is 0 Å². The van der Waals surface area contributed by atoms with Crippen LogP contribution in [0.2, 0.25) is 0 Å². The lowest BCUT2D eigenvalue weighted by Crippen LogP contribution is -1.97. The van der Waals surface area contributed by atoms with Gasteiger partial charge in [-0.05, 0) is 55.3 Å². The summed E-state index contributed by atoms with van der Waals surface area (Å²) in [7, 11) is 0. The topological polar surface area (TPSA) is 108 Å². The first-order valence-electron chi connectivity index (χ1n) is 11.9. The number of anilines is 1. The van der Waals surface area contributed by atoms with Crippen molar-refractivity contribution in [3.63, 3.8) is 0 Å². The number of thiophene rings is 1. The number of imidazole rings is 1. The van der Waals surface area contributed by atoms with Gasteiger partial charge in [0.1, 0.15) is 16.7 Å². The van der Waals surface area contributed by atoms with E-state index >= 15 is 0 Å². The predicted molar refractivity (Wildman–Crippen MR) is 151 cm³/mol. The lowest BCUT2D eigenvalue weighted by Gasteiger charge is -2.08. The fourth-order valence-electron chi connectivity index (χ4n) is 4.09. The maximum Gasteiger partial charge on any atom is 0.161 e.